The Morgan fingerprint density at radius 2 is 1.81 bits per heavy atom. The predicted octanol–water partition coefficient (Wildman–Crippen LogP) is 2.41. The van der Waals surface area contributed by atoms with Crippen LogP contribution in [0.15, 0.2) is 30.3 Å². The van der Waals surface area contributed by atoms with Crippen molar-refractivity contribution >= 4 is 5.91 Å². The van der Waals surface area contributed by atoms with E-state index >= 15 is 0 Å². The highest BCUT2D eigenvalue weighted by atomic mass is 16.5. The van der Waals surface area contributed by atoms with Crippen LogP contribution in [0.25, 0.3) is 11.4 Å². The largest absolute Gasteiger partial charge is 0.481 e. The molecule has 0 aliphatic heterocycles. The zero-order chi connectivity index (χ0) is 19.1. The van der Waals surface area contributed by atoms with E-state index in [4.69, 9.17) is 4.74 Å². The van der Waals surface area contributed by atoms with Crippen LogP contribution >= 0.6 is 0 Å². The molecule has 0 aliphatic rings. The molecule has 1 amide bonds. The molecular weight excluding hydrogens is 328 g/mol. The van der Waals surface area contributed by atoms with Gasteiger partial charge in [-0.15, -0.1) is 0 Å². The lowest BCUT2D eigenvalue weighted by Gasteiger charge is -2.23. The van der Waals surface area contributed by atoms with E-state index in [1.807, 2.05) is 63.2 Å². The summed E-state index contributed by atoms with van der Waals surface area (Å²) >= 11 is 0. The molecule has 2 rings (SSSR count). The number of likely N-dealkylation sites (N-methyl/N-ethyl adjacent to an activating group) is 2. The van der Waals surface area contributed by atoms with Crippen molar-refractivity contribution < 1.29 is 9.53 Å². The molecule has 0 N–H and O–H groups in total. The van der Waals surface area contributed by atoms with Gasteiger partial charge in [-0.3, -0.25) is 4.79 Å². The fourth-order valence-corrected chi connectivity index (χ4v) is 2.70. The van der Waals surface area contributed by atoms with Crippen LogP contribution in [0.1, 0.15) is 18.2 Å². The Balaban J connectivity index is 2.24. The highest BCUT2D eigenvalue weighted by molar-refractivity contribution is 5.79. The molecule has 2 aromatic rings. The minimum absolute atomic E-state index is 0.0619. The van der Waals surface area contributed by atoms with Crippen molar-refractivity contribution in [2.24, 2.45) is 0 Å². The number of nitrogens with zero attached hydrogens (tertiary/aromatic N) is 4. The molecule has 26 heavy (non-hydrogen) atoms. The Morgan fingerprint density at radius 1 is 1.12 bits per heavy atom. The SMILES string of the molecule is CCN(CCN(C)C)C(=O)Cc1c(C)nc(-c2ccccc2)nc1OC. The van der Waals surface area contributed by atoms with Crippen LogP contribution in [0.2, 0.25) is 0 Å². The van der Waals surface area contributed by atoms with E-state index < -0.39 is 0 Å². The summed E-state index contributed by atoms with van der Waals surface area (Å²) in [5.74, 6) is 1.14. The highest BCUT2D eigenvalue weighted by Crippen LogP contribution is 2.24. The maximum Gasteiger partial charge on any atom is 0.227 e. The van der Waals surface area contributed by atoms with E-state index in [0.29, 0.717) is 24.8 Å². The molecule has 1 aromatic carbocycles. The van der Waals surface area contributed by atoms with Crippen LogP contribution in [-0.4, -0.2) is 66.5 Å². The summed E-state index contributed by atoms with van der Waals surface area (Å²) in [6, 6.07) is 9.76. The van der Waals surface area contributed by atoms with Crippen LogP contribution in [-0.2, 0) is 11.2 Å². The fourth-order valence-electron chi connectivity index (χ4n) is 2.70. The van der Waals surface area contributed by atoms with Crippen molar-refractivity contribution in [3.63, 3.8) is 0 Å². The number of benzene rings is 1. The van der Waals surface area contributed by atoms with Crippen molar-refractivity contribution in [2.75, 3.05) is 40.8 Å². The molecule has 0 atom stereocenters. The molecule has 0 saturated carbocycles. The Morgan fingerprint density at radius 3 is 2.38 bits per heavy atom. The molecule has 0 saturated heterocycles. The van der Waals surface area contributed by atoms with Crippen LogP contribution in [0.4, 0.5) is 0 Å². The van der Waals surface area contributed by atoms with Gasteiger partial charge in [-0.05, 0) is 27.9 Å². The first-order valence-corrected chi connectivity index (χ1v) is 8.85. The van der Waals surface area contributed by atoms with Gasteiger partial charge in [0.2, 0.25) is 11.8 Å². The molecule has 6 heteroatoms. The molecule has 0 unspecified atom stereocenters. The van der Waals surface area contributed by atoms with Gasteiger partial charge < -0.3 is 14.5 Å². The maximum atomic E-state index is 12.7. The normalized spacial score (nSPS) is 10.8. The van der Waals surface area contributed by atoms with Crippen LogP contribution < -0.4 is 4.74 Å². The molecule has 0 spiro atoms. The highest BCUT2D eigenvalue weighted by Gasteiger charge is 2.19. The average Bonchev–Trinajstić information content (AvgIpc) is 2.64. The first-order chi connectivity index (χ1) is 12.5. The third kappa shape index (κ3) is 5.02. The minimum atomic E-state index is 0.0619. The van der Waals surface area contributed by atoms with Crippen molar-refractivity contribution in [3.05, 3.63) is 41.6 Å². The number of aryl methyl sites for hydroxylation is 1. The number of amides is 1. The third-order valence-electron chi connectivity index (χ3n) is 4.28. The van der Waals surface area contributed by atoms with Gasteiger partial charge in [-0.2, -0.15) is 4.98 Å². The molecule has 0 aliphatic carbocycles. The second-order valence-electron chi connectivity index (χ2n) is 6.44. The summed E-state index contributed by atoms with van der Waals surface area (Å²) in [5.41, 5.74) is 2.45. The quantitative estimate of drug-likeness (QED) is 0.727. The number of hydrogen-bond donors (Lipinski definition) is 0. The van der Waals surface area contributed by atoms with Gasteiger partial charge >= 0.3 is 0 Å². The molecule has 0 bridgehead atoms. The van der Waals surface area contributed by atoms with E-state index in [9.17, 15) is 4.79 Å². The van der Waals surface area contributed by atoms with E-state index in [2.05, 4.69) is 14.9 Å². The molecule has 140 valence electrons. The standard InChI is InChI=1S/C20H28N4O2/c1-6-24(13-12-23(3)4)18(25)14-17-15(2)21-19(22-20(17)26-5)16-10-8-7-9-11-16/h7-11H,6,12-14H2,1-5H3. The Kier molecular flexibility index (Phi) is 7.09. The minimum Gasteiger partial charge on any atom is -0.481 e. The van der Waals surface area contributed by atoms with E-state index in [1.54, 1.807) is 7.11 Å². The predicted molar refractivity (Wildman–Crippen MR) is 103 cm³/mol. The molecule has 1 heterocycles. The van der Waals surface area contributed by atoms with Gasteiger partial charge in [0, 0.05) is 36.5 Å². The lowest BCUT2D eigenvalue weighted by Crippen LogP contribution is -2.37. The number of carbonyl (C=O) groups excluding carboxylic acids is 1. The van der Waals surface area contributed by atoms with Crippen molar-refractivity contribution in [2.45, 2.75) is 20.3 Å². The zero-order valence-corrected chi connectivity index (χ0v) is 16.3. The lowest BCUT2D eigenvalue weighted by molar-refractivity contribution is -0.130. The van der Waals surface area contributed by atoms with Gasteiger partial charge in [0.15, 0.2) is 5.82 Å². The first kappa shape index (κ1) is 19.8. The van der Waals surface area contributed by atoms with Crippen LogP contribution in [0, 0.1) is 6.92 Å². The molecular formula is C20H28N4O2. The maximum absolute atomic E-state index is 12.7. The monoisotopic (exact) mass is 356 g/mol. The van der Waals surface area contributed by atoms with Gasteiger partial charge in [0.05, 0.1) is 13.5 Å². The van der Waals surface area contributed by atoms with E-state index in [0.717, 1.165) is 23.4 Å². The smallest absolute Gasteiger partial charge is 0.227 e. The zero-order valence-electron chi connectivity index (χ0n) is 16.3. The second kappa shape index (κ2) is 9.29. The summed E-state index contributed by atoms with van der Waals surface area (Å²) in [7, 11) is 5.58. The Hall–Kier alpha value is -2.47. The van der Waals surface area contributed by atoms with Gasteiger partial charge in [0.1, 0.15) is 0 Å². The van der Waals surface area contributed by atoms with E-state index in [-0.39, 0.29) is 12.3 Å². The number of hydrogen-bond acceptors (Lipinski definition) is 5. The summed E-state index contributed by atoms with van der Waals surface area (Å²) in [6.07, 6.45) is 0.241. The van der Waals surface area contributed by atoms with E-state index in [1.165, 1.54) is 0 Å². The lowest BCUT2D eigenvalue weighted by atomic mass is 10.1. The fraction of sp³-hybridized carbons (Fsp3) is 0.450. The van der Waals surface area contributed by atoms with Crippen molar-refractivity contribution in [1.82, 2.24) is 19.8 Å². The van der Waals surface area contributed by atoms with Crippen LogP contribution in [0.3, 0.4) is 0 Å². The summed E-state index contributed by atoms with van der Waals surface area (Å²) in [6.45, 7) is 6.10. The molecule has 0 radical (unpaired) electrons. The number of methoxy groups -OCH3 is 1. The number of aromatic nitrogens is 2. The summed E-state index contributed by atoms with van der Waals surface area (Å²) in [5, 5.41) is 0. The first-order valence-electron chi connectivity index (χ1n) is 8.85. The number of carbonyl (C=O) groups is 1. The number of rotatable bonds is 8. The Labute approximate surface area is 155 Å². The van der Waals surface area contributed by atoms with Gasteiger partial charge in [0.25, 0.3) is 0 Å². The Bertz CT molecular complexity index is 732. The molecule has 6 nitrogen and oxygen atoms in total. The average molecular weight is 356 g/mol. The van der Waals surface area contributed by atoms with Crippen molar-refractivity contribution in [3.8, 4) is 17.3 Å². The molecule has 1 aromatic heterocycles. The topological polar surface area (TPSA) is 58.6 Å². The second-order valence-corrected chi connectivity index (χ2v) is 6.44. The van der Waals surface area contributed by atoms with Gasteiger partial charge in [-0.1, -0.05) is 30.3 Å². The van der Waals surface area contributed by atoms with Crippen LogP contribution in [0.5, 0.6) is 5.88 Å². The summed E-state index contributed by atoms with van der Waals surface area (Å²) < 4.78 is 5.47. The van der Waals surface area contributed by atoms with Crippen molar-refractivity contribution in [1.29, 1.82) is 0 Å². The third-order valence-corrected chi connectivity index (χ3v) is 4.28. The van der Waals surface area contributed by atoms with Gasteiger partial charge in [-0.25, -0.2) is 4.98 Å². The number of ether oxygens (including phenoxy) is 1. The molecule has 0 fully saturated rings. The summed E-state index contributed by atoms with van der Waals surface area (Å²) in [4.78, 5) is 25.8.